The van der Waals surface area contributed by atoms with Gasteiger partial charge in [-0.15, -0.1) is 11.3 Å². The Labute approximate surface area is 131 Å². The van der Waals surface area contributed by atoms with E-state index in [-0.39, 0.29) is 0 Å². The first-order chi connectivity index (χ1) is 10.2. The molecule has 21 heavy (non-hydrogen) atoms. The van der Waals surface area contributed by atoms with Crippen molar-refractivity contribution >= 4 is 21.4 Å². The van der Waals surface area contributed by atoms with Crippen LogP contribution in [0.25, 0.3) is 10.1 Å². The van der Waals surface area contributed by atoms with E-state index in [4.69, 9.17) is 4.74 Å². The molecule has 1 heterocycles. The van der Waals surface area contributed by atoms with Gasteiger partial charge in [-0.2, -0.15) is 0 Å². The second-order valence-corrected chi connectivity index (χ2v) is 6.75. The summed E-state index contributed by atoms with van der Waals surface area (Å²) >= 11 is 1.88. The molecule has 1 aromatic carbocycles. The molecule has 0 unspecified atom stereocenters. The normalized spacial score (nSPS) is 12.0. The van der Waals surface area contributed by atoms with Crippen LogP contribution < -0.4 is 5.32 Å². The van der Waals surface area contributed by atoms with E-state index in [0.717, 1.165) is 13.1 Å². The van der Waals surface area contributed by atoms with Gasteiger partial charge in [0.05, 0.1) is 13.2 Å². The van der Waals surface area contributed by atoms with E-state index in [2.05, 4.69) is 43.4 Å². The zero-order chi connectivity index (χ0) is 15.1. The third kappa shape index (κ3) is 4.67. The Kier molecular flexibility index (Phi) is 6.43. The Morgan fingerprint density at radius 3 is 2.86 bits per heavy atom. The van der Waals surface area contributed by atoms with Gasteiger partial charge in [-0.25, -0.2) is 0 Å². The van der Waals surface area contributed by atoms with E-state index < -0.39 is 0 Å². The summed E-state index contributed by atoms with van der Waals surface area (Å²) in [6, 6.07) is 8.61. The fourth-order valence-electron chi connectivity index (χ4n) is 2.25. The lowest BCUT2D eigenvalue weighted by molar-refractivity contribution is 0.149. The molecule has 2 nitrogen and oxygen atoms in total. The van der Waals surface area contributed by atoms with E-state index in [1.54, 1.807) is 0 Å². The number of benzene rings is 1. The average Bonchev–Trinajstić information content (AvgIpc) is 2.81. The summed E-state index contributed by atoms with van der Waals surface area (Å²) in [5, 5.41) is 4.88. The maximum atomic E-state index is 5.79. The number of thiophene rings is 1. The molecule has 0 fully saturated rings. The maximum Gasteiger partial charge on any atom is 0.0738 e. The molecule has 2 rings (SSSR count). The minimum atomic E-state index is 0.675. The molecule has 0 saturated carbocycles. The SMILES string of the molecule is CC=CCOCc1c(CNCC(C)C)sc2ccccc12. The molecule has 3 heteroatoms. The first-order valence-electron chi connectivity index (χ1n) is 7.61. The molecule has 0 bridgehead atoms. The van der Waals surface area contributed by atoms with Crippen molar-refractivity contribution in [2.45, 2.75) is 33.9 Å². The van der Waals surface area contributed by atoms with Crippen molar-refractivity contribution in [2.24, 2.45) is 5.92 Å². The van der Waals surface area contributed by atoms with Gasteiger partial charge in [-0.05, 0) is 30.8 Å². The third-order valence-corrected chi connectivity index (χ3v) is 4.53. The molecule has 1 aromatic heterocycles. The topological polar surface area (TPSA) is 21.3 Å². The van der Waals surface area contributed by atoms with Crippen LogP contribution >= 0.6 is 11.3 Å². The highest BCUT2D eigenvalue weighted by Crippen LogP contribution is 2.31. The third-order valence-electron chi connectivity index (χ3n) is 3.32. The molecule has 0 aliphatic heterocycles. The highest BCUT2D eigenvalue weighted by atomic mass is 32.1. The smallest absolute Gasteiger partial charge is 0.0738 e. The zero-order valence-electron chi connectivity index (χ0n) is 13.2. The van der Waals surface area contributed by atoms with Crippen LogP contribution in [0.4, 0.5) is 0 Å². The molecule has 0 spiro atoms. The zero-order valence-corrected chi connectivity index (χ0v) is 14.0. The number of hydrogen-bond acceptors (Lipinski definition) is 3. The minimum Gasteiger partial charge on any atom is -0.373 e. The van der Waals surface area contributed by atoms with Crippen molar-refractivity contribution in [3.8, 4) is 0 Å². The van der Waals surface area contributed by atoms with E-state index >= 15 is 0 Å². The molecule has 1 N–H and O–H groups in total. The van der Waals surface area contributed by atoms with Crippen LogP contribution in [0.3, 0.4) is 0 Å². The average molecular weight is 303 g/mol. The molecular weight excluding hydrogens is 278 g/mol. The van der Waals surface area contributed by atoms with Crippen LogP contribution in [-0.2, 0) is 17.9 Å². The van der Waals surface area contributed by atoms with Crippen molar-refractivity contribution in [2.75, 3.05) is 13.2 Å². The predicted octanol–water partition coefficient (Wildman–Crippen LogP) is 4.74. The quantitative estimate of drug-likeness (QED) is 0.562. The summed E-state index contributed by atoms with van der Waals surface area (Å²) in [4.78, 5) is 1.40. The van der Waals surface area contributed by atoms with Crippen LogP contribution in [0.2, 0.25) is 0 Å². The Bertz CT molecular complexity index is 586. The predicted molar refractivity (Wildman–Crippen MR) is 92.8 cm³/mol. The minimum absolute atomic E-state index is 0.675. The number of nitrogens with one attached hydrogen (secondary N) is 1. The Balaban J connectivity index is 2.13. The molecule has 114 valence electrons. The molecular formula is C18H25NOS. The fraction of sp³-hybridized carbons (Fsp3) is 0.444. The first kappa shape index (κ1) is 16.2. The van der Waals surface area contributed by atoms with E-state index in [1.165, 1.54) is 20.5 Å². The fourth-order valence-corrected chi connectivity index (χ4v) is 3.43. The lowest BCUT2D eigenvalue weighted by atomic mass is 10.1. The molecule has 0 amide bonds. The molecule has 2 aromatic rings. The summed E-state index contributed by atoms with van der Waals surface area (Å²) in [7, 11) is 0. The van der Waals surface area contributed by atoms with Crippen LogP contribution in [0.5, 0.6) is 0 Å². The van der Waals surface area contributed by atoms with Crippen LogP contribution in [0.15, 0.2) is 36.4 Å². The summed E-state index contributed by atoms with van der Waals surface area (Å²) in [6.07, 6.45) is 4.07. The lowest BCUT2D eigenvalue weighted by Crippen LogP contribution is -2.19. The van der Waals surface area contributed by atoms with Gasteiger partial charge in [0.1, 0.15) is 0 Å². The van der Waals surface area contributed by atoms with E-state index in [9.17, 15) is 0 Å². The lowest BCUT2D eigenvalue weighted by Gasteiger charge is -2.08. The standard InChI is InChI=1S/C18H25NOS/c1-4-5-10-20-13-16-15-8-6-7-9-17(15)21-18(16)12-19-11-14(2)3/h4-9,14,19H,10-13H2,1-3H3. The van der Waals surface area contributed by atoms with Gasteiger partial charge in [0.2, 0.25) is 0 Å². The highest BCUT2D eigenvalue weighted by Gasteiger charge is 2.11. The van der Waals surface area contributed by atoms with E-state index in [0.29, 0.717) is 19.1 Å². The van der Waals surface area contributed by atoms with Crippen LogP contribution in [0.1, 0.15) is 31.2 Å². The van der Waals surface area contributed by atoms with Crippen molar-refractivity contribution < 1.29 is 4.74 Å². The number of hydrogen-bond donors (Lipinski definition) is 1. The Morgan fingerprint density at radius 1 is 1.29 bits per heavy atom. The van der Waals surface area contributed by atoms with Gasteiger partial charge >= 0.3 is 0 Å². The summed E-state index contributed by atoms with van der Waals surface area (Å²) < 4.78 is 7.14. The van der Waals surface area contributed by atoms with Crippen LogP contribution in [-0.4, -0.2) is 13.2 Å². The van der Waals surface area contributed by atoms with Gasteiger partial charge in [-0.1, -0.05) is 44.2 Å². The molecule has 0 saturated heterocycles. The van der Waals surface area contributed by atoms with Gasteiger partial charge < -0.3 is 10.1 Å². The number of allylic oxidation sites excluding steroid dienone is 1. The van der Waals surface area contributed by atoms with E-state index in [1.807, 2.05) is 30.4 Å². The van der Waals surface area contributed by atoms with Crippen LogP contribution in [0, 0.1) is 5.92 Å². The van der Waals surface area contributed by atoms with Crippen molar-refractivity contribution in [3.05, 3.63) is 46.9 Å². The Hall–Kier alpha value is -1.16. The van der Waals surface area contributed by atoms with Gasteiger partial charge in [0, 0.05) is 21.7 Å². The maximum absolute atomic E-state index is 5.79. The Morgan fingerprint density at radius 2 is 2.10 bits per heavy atom. The highest BCUT2D eigenvalue weighted by molar-refractivity contribution is 7.19. The van der Waals surface area contributed by atoms with Crippen molar-refractivity contribution in [3.63, 3.8) is 0 Å². The van der Waals surface area contributed by atoms with Crippen molar-refractivity contribution in [1.29, 1.82) is 0 Å². The number of rotatable bonds is 8. The second-order valence-electron chi connectivity index (χ2n) is 5.61. The molecule has 0 radical (unpaired) electrons. The summed E-state index contributed by atoms with van der Waals surface area (Å²) in [5.41, 5.74) is 1.34. The largest absolute Gasteiger partial charge is 0.373 e. The van der Waals surface area contributed by atoms with Gasteiger partial charge in [0.25, 0.3) is 0 Å². The van der Waals surface area contributed by atoms with Gasteiger partial charge in [0.15, 0.2) is 0 Å². The van der Waals surface area contributed by atoms with Gasteiger partial charge in [-0.3, -0.25) is 0 Å². The molecule has 0 aliphatic rings. The molecule has 0 aliphatic carbocycles. The number of fused-ring (bicyclic) bond motifs is 1. The monoisotopic (exact) mass is 303 g/mol. The van der Waals surface area contributed by atoms with Crippen molar-refractivity contribution in [1.82, 2.24) is 5.32 Å². The molecule has 0 atom stereocenters. The summed E-state index contributed by atoms with van der Waals surface area (Å²) in [5.74, 6) is 0.675. The second kappa shape index (κ2) is 8.32. The number of ether oxygens (including phenoxy) is 1. The summed E-state index contributed by atoms with van der Waals surface area (Å²) in [6.45, 7) is 9.84. The first-order valence-corrected chi connectivity index (χ1v) is 8.43.